The minimum atomic E-state index is -0.275. The van der Waals surface area contributed by atoms with Crippen LogP contribution in [0, 0.1) is 32.1 Å². The number of rotatable bonds is 4. The van der Waals surface area contributed by atoms with Gasteiger partial charge in [0, 0.05) is 17.7 Å². The summed E-state index contributed by atoms with van der Waals surface area (Å²) in [6, 6.07) is 8.11. The number of fused-ring (bicyclic) bond motifs is 1. The predicted molar refractivity (Wildman–Crippen MR) is 102 cm³/mol. The maximum Gasteiger partial charge on any atom is 0.226 e. The Labute approximate surface area is 156 Å². The number of nitrogens with one attached hydrogen (secondary N) is 1. The van der Waals surface area contributed by atoms with E-state index in [1.807, 2.05) is 26.0 Å². The van der Waals surface area contributed by atoms with Crippen LogP contribution < -0.4 is 5.32 Å². The van der Waals surface area contributed by atoms with Crippen molar-refractivity contribution in [1.29, 1.82) is 5.26 Å². The fraction of sp³-hybridized carbons (Fsp3) is 0.263. The zero-order valence-electron chi connectivity index (χ0n) is 14.8. The summed E-state index contributed by atoms with van der Waals surface area (Å²) in [7, 11) is 0. The maximum absolute atomic E-state index is 12.0. The monoisotopic (exact) mass is 367 g/mol. The predicted octanol–water partition coefficient (Wildman–Crippen LogP) is 3.78. The Balaban J connectivity index is 2.17. The lowest BCUT2D eigenvalue weighted by atomic mass is 10.0. The molecule has 1 N–H and O–H groups in total. The molecule has 2 aromatic heterocycles. The lowest BCUT2D eigenvalue weighted by molar-refractivity contribution is -0.115. The number of benzene rings is 1. The van der Waals surface area contributed by atoms with Crippen molar-refractivity contribution in [3.05, 3.63) is 46.6 Å². The molecule has 0 saturated heterocycles. The van der Waals surface area contributed by atoms with Gasteiger partial charge in [0.05, 0.1) is 11.7 Å². The lowest BCUT2D eigenvalue weighted by Gasteiger charge is -2.12. The molecule has 0 radical (unpaired) electrons. The highest BCUT2D eigenvalue weighted by molar-refractivity contribution is 6.19. The molecule has 1 aromatic carbocycles. The molecule has 0 aliphatic carbocycles. The molecule has 0 aliphatic rings. The third kappa shape index (κ3) is 3.26. The van der Waals surface area contributed by atoms with Gasteiger partial charge >= 0.3 is 0 Å². The Morgan fingerprint density at radius 1 is 1.27 bits per heavy atom. The number of hydrogen-bond donors (Lipinski definition) is 1. The molecule has 2 heterocycles. The van der Waals surface area contributed by atoms with Crippen LogP contribution in [-0.2, 0) is 4.79 Å². The number of alkyl halides is 1. The fourth-order valence-corrected chi connectivity index (χ4v) is 3.11. The summed E-state index contributed by atoms with van der Waals surface area (Å²) >= 11 is 5.62. The molecule has 6 nitrogen and oxygen atoms in total. The Morgan fingerprint density at radius 2 is 2.04 bits per heavy atom. The van der Waals surface area contributed by atoms with E-state index in [9.17, 15) is 10.1 Å². The van der Waals surface area contributed by atoms with Gasteiger partial charge < -0.3 is 5.32 Å². The first-order valence-corrected chi connectivity index (χ1v) is 8.71. The van der Waals surface area contributed by atoms with Gasteiger partial charge in [-0.2, -0.15) is 15.0 Å². The van der Waals surface area contributed by atoms with Gasteiger partial charge in [0.15, 0.2) is 11.6 Å². The second kappa shape index (κ2) is 7.14. The average Bonchev–Trinajstić information content (AvgIpc) is 2.98. The number of nitrogens with zero attached hydrogens (tertiary/aromatic N) is 4. The van der Waals surface area contributed by atoms with Crippen molar-refractivity contribution in [3.8, 4) is 11.9 Å². The number of aromatic nitrogens is 3. The van der Waals surface area contributed by atoms with Crippen molar-refractivity contribution in [2.45, 2.75) is 27.2 Å². The van der Waals surface area contributed by atoms with Crippen LogP contribution in [0.3, 0.4) is 0 Å². The highest BCUT2D eigenvalue weighted by atomic mass is 35.5. The van der Waals surface area contributed by atoms with Gasteiger partial charge in [-0.3, -0.25) is 4.79 Å². The number of carbonyl (C=O) groups excluding carboxylic acids is 1. The number of pyridine rings is 1. The second-order valence-corrected chi connectivity index (χ2v) is 6.57. The third-order valence-corrected chi connectivity index (χ3v) is 4.32. The molecule has 1 amide bonds. The standard InChI is InChI=1S/C19H18ClN5O/c1-11-6-13(3)18-15(7-11)12(2)8-16(23-18)25-19(14(9-21)10-22-25)24-17(26)4-5-20/h6-8,10H,4-5H2,1-3H3,(H,24,26). The summed E-state index contributed by atoms with van der Waals surface area (Å²) in [5.41, 5.74) is 4.42. The molecule has 0 atom stereocenters. The number of hydrogen-bond acceptors (Lipinski definition) is 4. The van der Waals surface area contributed by atoms with Gasteiger partial charge in [-0.05, 0) is 44.0 Å². The SMILES string of the molecule is Cc1cc(C)c2nc(-n3ncc(C#N)c3NC(=O)CCCl)cc(C)c2c1. The van der Waals surface area contributed by atoms with Crippen LogP contribution >= 0.6 is 11.6 Å². The van der Waals surface area contributed by atoms with E-state index in [1.54, 1.807) is 0 Å². The molecular formula is C19H18ClN5O. The Hall–Kier alpha value is -2.91. The summed E-state index contributed by atoms with van der Waals surface area (Å²) in [5, 5.41) is 17.4. The van der Waals surface area contributed by atoms with Crippen molar-refractivity contribution in [3.63, 3.8) is 0 Å². The number of halogens is 1. The molecule has 7 heteroatoms. The number of aryl methyl sites for hydroxylation is 3. The Morgan fingerprint density at radius 3 is 2.73 bits per heavy atom. The third-order valence-electron chi connectivity index (χ3n) is 4.13. The van der Waals surface area contributed by atoms with E-state index >= 15 is 0 Å². The largest absolute Gasteiger partial charge is 0.309 e. The van der Waals surface area contributed by atoms with Gasteiger partial charge in [0.2, 0.25) is 5.91 Å². The van der Waals surface area contributed by atoms with E-state index in [0.29, 0.717) is 11.6 Å². The van der Waals surface area contributed by atoms with Crippen LogP contribution in [0.2, 0.25) is 0 Å². The van der Waals surface area contributed by atoms with Crippen LogP contribution in [0.5, 0.6) is 0 Å². The first-order chi connectivity index (χ1) is 12.4. The summed E-state index contributed by atoms with van der Waals surface area (Å²) in [4.78, 5) is 16.7. The van der Waals surface area contributed by atoms with Crippen LogP contribution in [0.25, 0.3) is 16.7 Å². The number of carbonyl (C=O) groups is 1. The van der Waals surface area contributed by atoms with Gasteiger partial charge in [-0.25, -0.2) is 4.98 Å². The molecule has 3 rings (SSSR count). The normalized spacial score (nSPS) is 10.7. The summed E-state index contributed by atoms with van der Waals surface area (Å²) in [5.74, 6) is 0.777. The second-order valence-electron chi connectivity index (χ2n) is 6.19. The van der Waals surface area contributed by atoms with Crippen molar-refractivity contribution < 1.29 is 4.79 Å². The minimum Gasteiger partial charge on any atom is -0.309 e. The first-order valence-electron chi connectivity index (χ1n) is 8.17. The Bertz CT molecular complexity index is 1050. The average molecular weight is 368 g/mol. The molecule has 0 saturated carbocycles. The summed E-state index contributed by atoms with van der Waals surface area (Å²) < 4.78 is 1.48. The van der Waals surface area contributed by atoms with E-state index < -0.39 is 0 Å². The highest BCUT2D eigenvalue weighted by Gasteiger charge is 2.17. The van der Waals surface area contributed by atoms with Crippen molar-refractivity contribution >= 4 is 34.2 Å². The van der Waals surface area contributed by atoms with Gasteiger partial charge in [-0.1, -0.05) is 11.6 Å². The topological polar surface area (TPSA) is 83.6 Å². The van der Waals surface area contributed by atoms with E-state index in [-0.39, 0.29) is 23.8 Å². The molecule has 0 unspecified atom stereocenters. The molecule has 0 bridgehead atoms. The zero-order valence-corrected chi connectivity index (χ0v) is 15.6. The zero-order chi connectivity index (χ0) is 18.8. The molecule has 0 spiro atoms. The first kappa shape index (κ1) is 17.9. The number of amides is 1. The molecule has 3 aromatic rings. The van der Waals surface area contributed by atoms with Crippen molar-refractivity contribution in [2.75, 3.05) is 11.2 Å². The van der Waals surface area contributed by atoms with Gasteiger partial charge in [0.25, 0.3) is 0 Å². The summed E-state index contributed by atoms with van der Waals surface area (Å²) in [6.45, 7) is 6.07. The maximum atomic E-state index is 12.0. The van der Waals surface area contributed by atoms with Crippen molar-refractivity contribution in [1.82, 2.24) is 14.8 Å². The van der Waals surface area contributed by atoms with Crippen molar-refractivity contribution in [2.24, 2.45) is 0 Å². The smallest absolute Gasteiger partial charge is 0.226 e. The molecule has 0 fully saturated rings. The molecule has 26 heavy (non-hydrogen) atoms. The quantitative estimate of drug-likeness (QED) is 0.711. The minimum absolute atomic E-state index is 0.153. The highest BCUT2D eigenvalue weighted by Crippen LogP contribution is 2.26. The summed E-state index contributed by atoms with van der Waals surface area (Å²) in [6.07, 6.45) is 1.57. The lowest BCUT2D eigenvalue weighted by Crippen LogP contribution is -2.16. The molecule has 0 aliphatic heterocycles. The molecule has 132 valence electrons. The molecular weight excluding hydrogens is 350 g/mol. The number of nitriles is 1. The van der Waals surface area contributed by atoms with Crippen LogP contribution in [0.1, 0.15) is 28.7 Å². The van der Waals surface area contributed by atoms with Gasteiger partial charge in [-0.15, -0.1) is 11.6 Å². The van der Waals surface area contributed by atoms with E-state index in [2.05, 4.69) is 29.5 Å². The van der Waals surface area contributed by atoms with E-state index in [0.717, 1.165) is 22.0 Å². The fourth-order valence-electron chi connectivity index (χ4n) is 2.94. The Kier molecular flexibility index (Phi) is 4.92. The van der Waals surface area contributed by atoms with Crippen LogP contribution in [0.4, 0.5) is 5.82 Å². The van der Waals surface area contributed by atoms with Gasteiger partial charge in [0.1, 0.15) is 11.6 Å². The van der Waals surface area contributed by atoms with Crippen LogP contribution in [0.15, 0.2) is 24.4 Å². The van der Waals surface area contributed by atoms with E-state index in [4.69, 9.17) is 16.6 Å². The van der Waals surface area contributed by atoms with Crippen LogP contribution in [-0.4, -0.2) is 26.6 Å². The number of anilines is 1. The van der Waals surface area contributed by atoms with E-state index in [1.165, 1.54) is 16.4 Å².